The average molecular weight is 374 g/mol. The summed E-state index contributed by atoms with van der Waals surface area (Å²) in [6, 6.07) is 12.6. The quantitative estimate of drug-likeness (QED) is 0.588. The number of anilines is 1. The SMILES string of the molecule is COc1ccccc1NC(=O)C(C#N)=Cc1ccc(OC(F)F)c(OC)c1. The summed E-state index contributed by atoms with van der Waals surface area (Å²) in [6.07, 6.45) is 1.30. The van der Waals surface area contributed by atoms with Crippen molar-refractivity contribution in [3.8, 4) is 23.3 Å². The molecule has 0 unspecified atom stereocenters. The fourth-order valence-electron chi connectivity index (χ4n) is 2.22. The van der Waals surface area contributed by atoms with Crippen LogP contribution >= 0.6 is 0 Å². The van der Waals surface area contributed by atoms with Crippen LogP contribution in [-0.2, 0) is 4.79 Å². The van der Waals surface area contributed by atoms with E-state index in [2.05, 4.69) is 10.1 Å². The lowest BCUT2D eigenvalue weighted by atomic mass is 10.1. The van der Waals surface area contributed by atoms with Crippen LogP contribution in [0.25, 0.3) is 6.08 Å². The van der Waals surface area contributed by atoms with E-state index in [-0.39, 0.29) is 17.1 Å². The van der Waals surface area contributed by atoms with Crippen molar-refractivity contribution in [1.29, 1.82) is 5.26 Å². The Bertz CT molecular complexity index is 892. The number of rotatable bonds is 7. The van der Waals surface area contributed by atoms with Gasteiger partial charge in [0.1, 0.15) is 17.4 Å². The number of halogens is 2. The van der Waals surface area contributed by atoms with E-state index in [0.717, 1.165) is 0 Å². The lowest BCUT2D eigenvalue weighted by Crippen LogP contribution is -2.14. The minimum Gasteiger partial charge on any atom is -0.495 e. The number of nitrogens with zero attached hydrogens (tertiary/aromatic N) is 1. The predicted molar refractivity (Wildman–Crippen MR) is 94.8 cm³/mol. The summed E-state index contributed by atoms with van der Waals surface area (Å²) in [5.41, 5.74) is 0.620. The third kappa shape index (κ3) is 5.19. The smallest absolute Gasteiger partial charge is 0.387 e. The second-order valence-electron chi connectivity index (χ2n) is 5.11. The van der Waals surface area contributed by atoms with Gasteiger partial charge in [-0.15, -0.1) is 0 Å². The zero-order valence-electron chi connectivity index (χ0n) is 14.5. The Morgan fingerprint density at radius 1 is 1.11 bits per heavy atom. The van der Waals surface area contributed by atoms with E-state index < -0.39 is 12.5 Å². The number of nitrogens with one attached hydrogen (secondary N) is 1. The van der Waals surface area contributed by atoms with Gasteiger partial charge >= 0.3 is 6.61 Å². The predicted octanol–water partition coefficient (Wildman–Crippen LogP) is 3.85. The third-order valence-electron chi connectivity index (χ3n) is 3.43. The van der Waals surface area contributed by atoms with Crippen LogP contribution in [0.2, 0.25) is 0 Å². The second-order valence-corrected chi connectivity index (χ2v) is 5.11. The van der Waals surface area contributed by atoms with Crippen molar-refractivity contribution < 1.29 is 27.8 Å². The van der Waals surface area contributed by atoms with Crippen LogP contribution in [0.4, 0.5) is 14.5 Å². The lowest BCUT2D eigenvalue weighted by Gasteiger charge is -2.11. The summed E-state index contributed by atoms with van der Waals surface area (Å²) in [4.78, 5) is 12.4. The topological polar surface area (TPSA) is 80.6 Å². The Balaban J connectivity index is 2.27. The highest BCUT2D eigenvalue weighted by atomic mass is 19.3. The molecule has 0 radical (unpaired) electrons. The zero-order valence-corrected chi connectivity index (χ0v) is 14.5. The molecule has 0 heterocycles. The number of benzene rings is 2. The number of alkyl halides is 2. The van der Waals surface area contributed by atoms with E-state index in [1.165, 1.54) is 38.5 Å². The highest BCUT2D eigenvalue weighted by Gasteiger charge is 2.14. The monoisotopic (exact) mass is 374 g/mol. The maximum absolute atomic E-state index is 12.4. The van der Waals surface area contributed by atoms with Crippen molar-refractivity contribution in [2.24, 2.45) is 0 Å². The van der Waals surface area contributed by atoms with Crippen LogP contribution in [-0.4, -0.2) is 26.7 Å². The molecule has 27 heavy (non-hydrogen) atoms. The van der Waals surface area contributed by atoms with E-state index in [1.54, 1.807) is 24.3 Å². The summed E-state index contributed by atoms with van der Waals surface area (Å²) in [5, 5.41) is 11.9. The largest absolute Gasteiger partial charge is 0.495 e. The molecule has 0 fully saturated rings. The van der Waals surface area contributed by atoms with Gasteiger partial charge in [-0.25, -0.2) is 0 Å². The number of hydrogen-bond donors (Lipinski definition) is 1. The molecule has 0 saturated heterocycles. The van der Waals surface area contributed by atoms with Crippen LogP contribution in [0.5, 0.6) is 17.2 Å². The van der Waals surface area contributed by atoms with Gasteiger partial charge in [0.05, 0.1) is 19.9 Å². The van der Waals surface area contributed by atoms with Crippen LogP contribution in [0.3, 0.4) is 0 Å². The van der Waals surface area contributed by atoms with Crippen LogP contribution < -0.4 is 19.5 Å². The molecule has 0 saturated carbocycles. The molecular formula is C19H16F2N2O4. The molecule has 0 aliphatic heterocycles. The van der Waals surface area contributed by atoms with Crippen molar-refractivity contribution in [2.75, 3.05) is 19.5 Å². The standard InChI is InChI=1S/C19H16F2N2O4/c1-25-15-6-4-3-5-14(15)23-18(24)13(11-22)9-12-7-8-16(27-19(20)21)17(10-12)26-2/h3-10,19H,1-2H3,(H,23,24). The van der Waals surface area contributed by atoms with E-state index in [9.17, 15) is 18.8 Å². The van der Waals surface area contributed by atoms with Gasteiger partial charge in [-0.2, -0.15) is 14.0 Å². The molecule has 0 aliphatic rings. The molecule has 2 aromatic rings. The number of nitriles is 1. The Labute approximate surface area is 154 Å². The maximum atomic E-state index is 12.4. The van der Waals surface area contributed by atoms with Crippen molar-refractivity contribution >= 4 is 17.7 Å². The third-order valence-corrected chi connectivity index (χ3v) is 3.43. The summed E-state index contributed by atoms with van der Waals surface area (Å²) < 4.78 is 39.2. The second kappa shape index (κ2) is 9.20. The Kier molecular flexibility index (Phi) is 6.72. The Hall–Kier alpha value is -3.60. The Morgan fingerprint density at radius 2 is 1.81 bits per heavy atom. The molecule has 1 N–H and O–H groups in total. The van der Waals surface area contributed by atoms with Crippen molar-refractivity contribution in [1.82, 2.24) is 0 Å². The highest BCUT2D eigenvalue weighted by molar-refractivity contribution is 6.10. The van der Waals surface area contributed by atoms with Crippen molar-refractivity contribution in [3.05, 3.63) is 53.6 Å². The van der Waals surface area contributed by atoms with Crippen LogP contribution in [0, 0.1) is 11.3 Å². The number of hydrogen-bond acceptors (Lipinski definition) is 5. The summed E-state index contributed by atoms with van der Waals surface area (Å²) in [7, 11) is 2.75. The summed E-state index contributed by atoms with van der Waals surface area (Å²) in [6.45, 7) is -3.00. The van der Waals surface area contributed by atoms with Crippen LogP contribution in [0.15, 0.2) is 48.0 Å². The van der Waals surface area contributed by atoms with Gasteiger partial charge < -0.3 is 19.5 Å². The van der Waals surface area contributed by atoms with E-state index in [1.807, 2.05) is 6.07 Å². The molecule has 2 aromatic carbocycles. The van der Waals surface area contributed by atoms with E-state index >= 15 is 0 Å². The molecule has 0 atom stereocenters. The van der Waals surface area contributed by atoms with Gasteiger partial charge in [-0.05, 0) is 35.9 Å². The first-order valence-electron chi connectivity index (χ1n) is 7.67. The molecule has 0 aliphatic carbocycles. The normalized spacial score (nSPS) is 10.9. The molecule has 140 valence electrons. The number of ether oxygens (including phenoxy) is 3. The first-order valence-corrected chi connectivity index (χ1v) is 7.67. The number of amides is 1. The van der Waals surface area contributed by atoms with Gasteiger partial charge in [0.25, 0.3) is 5.91 Å². The number of methoxy groups -OCH3 is 2. The summed E-state index contributed by atoms with van der Waals surface area (Å²) in [5.74, 6) is -0.305. The van der Waals surface area contributed by atoms with E-state index in [0.29, 0.717) is 17.0 Å². The lowest BCUT2D eigenvalue weighted by molar-refractivity contribution is -0.112. The maximum Gasteiger partial charge on any atom is 0.387 e. The highest BCUT2D eigenvalue weighted by Crippen LogP contribution is 2.30. The van der Waals surface area contributed by atoms with Gasteiger partial charge in [-0.1, -0.05) is 18.2 Å². The Morgan fingerprint density at radius 3 is 2.44 bits per heavy atom. The minimum atomic E-state index is -3.00. The van der Waals surface area contributed by atoms with E-state index in [4.69, 9.17) is 9.47 Å². The molecule has 0 bridgehead atoms. The molecule has 8 heteroatoms. The molecular weight excluding hydrogens is 358 g/mol. The molecule has 0 aromatic heterocycles. The van der Waals surface area contributed by atoms with Crippen molar-refractivity contribution in [2.45, 2.75) is 6.61 Å². The summed E-state index contributed by atoms with van der Waals surface area (Å²) >= 11 is 0. The molecule has 2 rings (SSSR count). The fraction of sp³-hybridized carbons (Fsp3) is 0.158. The number of carbonyl (C=O) groups excluding carboxylic acids is 1. The molecule has 1 amide bonds. The fourth-order valence-corrected chi connectivity index (χ4v) is 2.22. The van der Waals surface area contributed by atoms with Crippen molar-refractivity contribution in [3.63, 3.8) is 0 Å². The van der Waals surface area contributed by atoms with Gasteiger partial charge in [0.15, 0.2) is 11.5 Å². The molecule has 6 nitrogen and oxygen atoms in total. The van der Waals surface area contributed by atoms with Crippen LogP contribution in [0.1, 0.15) is 5.56 Å². The van der Waals surface area contributed by atoms with Gasteiger partial charge in [-0.3, -0.25) is 4.79 Å². The number of carbonyl (C=O) groups is 1. The first kappa shape index (κ1) is 19.7. The molecule has 0 spiro atoms. The van der Waals surface area contributed by atoms with Gasteiger partial charge in [0.2, 0.25) is 0 Å². The number of para-hydroxylation sites is 2. The zero-order chi connectivity index (χ0) is 19.8. The minimum absolute atomic E-state index is 0.0477. The van der Waals surface area contributed by atoms with Gasteiger partial charge in [0, 0.05) is 0 Å². The first-order chi connectivity index (χ1) is 13.0. The average Bonchev–Trinajstić information content (AvgIpc) is 2.66.